The first kappa shape index (κ1) is 14.3. The number of rotatable bonds is 5. The van der Waals surface area contributed by atoms with Crippen LogP contribution in [0.2, 0.25) is 0 Å². The lowest BCUT2D eigenvalue weighted by Crippen LogP contribution is -2.53. The first-order chi connectivity index (χ1) is 8.86. The van der Waals surface area contributed by atoms with Gasteiger partial charge in [0.25, 0.3) is 0 Å². The fraction of sp³-hybridized carbons (Fsp3) is 1.00. The number of hydrogen-bond donors (Lipinski definition) is 1. The highest BCUT2D eigenvalue weighted by atomic mass is 15.2. The zero-order valence-corrected chi connectivity index (χ0v) is 12.5. The van der Waals surface area contributed by atoms with Crippen LogP contribution in [0.4, 0.5) is 0 Å². The van der Waals surface area contributed by atoms with E-state index < -0.39 is 0 Å². The van der Waals surface area contributed by atoms with E-state index in [-0.39, 0.29) is 0 Å². The van der Waals surface area contributed by atoms with E-state index in [9.17, 15) is 0 Å². The Labute approximate surface area is 114 Å². The Hall–Kier alpha value is -0.0800. The standard InChI is InChI=1S/C16H32N2/c1-3-12-18(15-9-7-11-17-13-15)16-10-6-5-8-14(16)4-2/h14-17H,3-13H2,1-2H3. The van der Waals surface area contributed by atoms with Gasteiger partial charge in [-0.3, -0.25) is 4.90 Å². The highest BCUT2D eigenvalue weighted by Crippen LogP contribution is 2.32. The normalized spacial score (nSPS) is 33.8. The molecule has 2 nitrogen and oxygen atoms in total. The molecule has 0 amide bonds. The molecule has 1 saturated carbocycles. The van der Waals surface area contributed by atoms with Gasteiger partial charge in [0.05, 0.1) is 0 Å². The summed E-state index contributed by atoms with van der Waals surface area (Å²) in [6.07, 6.45) is 11.3. The van der Waals surface area contributed by atoms with Gasteiger partial charge in [-0.1, -0.05) is 33.1 Å². The molecule has 1 saturated heterocycles. The maximum atomic E-state index is 3.60. The Balaban J connectivity index is 2.01. The van der Waals surface area contributed by atoms with Gasteiger partial charge in [0.15, 0.2) is 0 Å². The van der Waals surface area contributed by atoms with Gasteiger partial charge in [0.2, 0.25) is 0 Å². The molecule has 0 radical (unpaired) electrons. The minimum absolute atomic E-state index is 0.816. The van der Waals surface area contributed by atoms with Gasteiger partial charge in [0.1, 0.15) is 0 Å². The summed E-state index contributed by atoms with van der Waals surface area (Å²) in [5.74, 6) is 0.965. The van der Waals surface area contributed by atoms with Crippen molar-refractivity contribution in [1.82, 2.24) is 10.2 Å². The smallest absolute Gasteiger partial charge is 0.0224 e. The van der Waals surface area contributed by atoms with Gasteiger partial charge in [-0.05, 0) is 51.1 Å². The lowest BCUT2D eigenvalue weighted by molar-refractivity contribution is 0.0498. The summed E-state index contributed by atoms with van der Waals surface area (Å²) in [6, 6.07) is 1.70. The Morgan fingerprint density at radius 1 is 1.06 bits per heavy atom. The van der Waals surface area contributed by atoms with E-state index in [1.54, 1.807) is 0 Å². The summed E-state index contributed by atoms with van der Waals surface area (Å²) in [6.45, 7) is 8.51. The van der Waals surface area contributed by atoms with E-state index in [1.165, 1.54) is 71.0 Å². The Morgan fingerprint density at radius 2 is 1.89 bits per heavy atom. The number of hydrogen-bond acceptors (Lipinski definition) is 2. The SMILES string of the molecule is CCCN(C1CCCNC1)C1CCCCC1CC. The fourth-order valence-electron chi connectivity index (χ4n) is 4.09. The zero-order valence-electron chi connectivity index (χ0n) is 12.5. The molecule has 0 spiro atoms. The van der Waals surface area contributed by atoms with E-state index >= 15 is 0 Å². The van der Waals surface area contributed by atoms with E-state index in [0.717, 1.165) is 18.0 Å². The third-order valence-electron chi connectivity index (χ3n) is 5.04. The number of piperidine rings is 1. The third-order valence-corrected chi connectivity index (χ3v) is 5.04. The molecule has 2 rings (SSSR count). The lowest BCUT2D eigenvalue weighted by Gasteiger charge is -2.45. The molecule has 0 aromatic rings. The molecule has 3 atom stereocenters. The van der Waals surface area contributed by atoms with Crippen molar-refractivity contribution >= 4 is 0 Å². The zero-order chi connectivity index (χ0) is 12.8. The van der Waals surface area contributed by atoms with E-state index in [2.05, 4.69) is 24.1 Å². The van der Waals surface area contributed by atoms with Crippen LogP contribution in [-0.2, 0) is 0 Å². The number of nitrogens with one attached hydrogen (secondary N) is 1. The van der Waals surface area contributed by atoms with E-state index in [4.69, 9.17) is 0 Å². The second-order valence-corrected chi connectivity index (χ2v) is 6.26. The quantitative estimate of drug-likeness (QED) is 0.806. The van der Waals surface area contributed by atoms with Crippen LogP contribution in [0, 0.1) is 5.92 Å². The fourth-order valence-corrected chi connectivity index (χ4v) is 4.09. The minimum atomic E-state index is 0.816. The molecule has 3 unspecified atom stereocenters. The van der Waals surface area contributed by atoms with Crippen molar-refractivity contribution in [3.8, 4) is 0 Å². The molecule has 2 fully saturated rings. The van der Waals surface area contributed by atoms with Crippen molar-refractivity contribution in [3.63, 3.8) is 0 Å². The summed E-state index contributed by atoms with van der Waals surface area (Å²) in [5.41, 5.74) is 0. The van der Waals surface area contributed by atoms with Gasteiger partial charge in [0, 0.05) is 18.6 Å². The highest BCUT2D eigenvalue weighted by Gasteiger charge is 2.32. The summed E-state index contributed by atoms with van der Waals surface area (Å²) in [5, 5.41) is 3.60. The molecule has 1 N–H and O–H groups in total. The lowest BCUT2D eigenvalue weighted by atomic mass is 9.81. The predicted octanol–water partition coefficient (Wildman–Crippen LogP) is 3.42. The molecule has 0 aromatic carbocycles. The molecule has 0 bridgehead atoms. The molecule has 0 aromatic heterocycles. The van der Waals surface area contributed by atoms with Crippen molar-refractivity contribution in [1.29, 1.82) is 0 Å². The van der Waals surface area contributed by atoms with Crippen LogP contribution in [0.5, 0.6) is 0 Å². The Bertz CT molecular complexity index is 223. The van der Waals surface area contributed by atoms with Gasteiger partial charge in [-0.2, -0.15) is 0 Å². The van der Waals surface area contributed by atoms with Crippen LogP contribution in [0.25, 0.3) is 0 Å². The van der Waals surface area contributed by atoms with Crippen LogP contribution in [-0.4, -0.2) is 36.6 Å². The predicted molar refractivity (Wildman–Crippen MR) is 78.9 cm³/mol. The van der Waals surface area contributed by atoms with Crippen molar-refractivity contribution < 1.29 is 0 Å². The summed E-state index contributed by atoms with van der Waals surface area (Å²) in [4.78, 5) is 2.89. The van der Waals surface area contributed by atoms with Crippen molar-refractivity contribution in [2.75, 3.05) is 19.6 Å². The Morgan fingerprint density at radius 3 is 2.56 bits per heavy atom. The molecular formula is C16H32N2. The van der Waals surface area contributed by atoms with Crippen LogP contribution in [0.3, 0.4) is 0 Å². The molecule has 2 heteroatoms. The van der Waals surface area contributed by atoms with Crippen molar-refractivity contribution in [2.24, 2.45) is 5.92 Å². The van der Waals surface area contributed by atoms with Gasteiger partial charge < -0.3 is 5.32 Å². The molecule has 1 aliphatic carbocycles. The van der Waals surface area contributed by atoms with Crippen LogP contribution < -0.4 is 5.32 Å². The first-order valence-electron chi connectivity index (χ1n) is 8.33. The maximum Gasteiger partial charge on any atom is 0.0224 e. The average molecular weight is 252 g/mol. The third kappa shape index (κ3) is 3.48. The van der Waals surface area contributed by atoms with Gasteiger partial charge in [-0.25, -0.2) is 0 Å². The average Bonchev–Trinajstić information content (AvgIpc) is 2.46. The largest absolute Gasteiger partial charge is 0.315 e. The first-order valence-corrected chi connectivity index (χ1v) is 8.33. The number of nitrogens with zero attached hydrogens (tertiary/aromatic N) is 1. The summed E-state index contributed by atoms with van der Waals surface area (Å²) >= 11 is 0. The minimum Gasteiger partial charge on any atom is -0.315 e. The molecule has 1 aliphatic heterocycles. The van der Waals surface area contributed by atoms with Crippen LogP contribution in [0.15, 0.2) is 0 Å². The second kappa shape index (κ2) is 7.49. The van der Waals surface area contributed by atoms with Crippen molar-refractivity contribution in [2.45, 2.75) is 77.3 Å². The maximum absolute atomic E-state index is 3.60. The van der Waals surface area contributed by atoms with E-state index in [1.807, 2.05) is 0 Å². The molecule has 2 aliphatic rings. The van der Waals surface area contributed by atoms with Gasteiger partial charge >= 0.3 is 0 Å². The summed E-state index contributed by atoms with van der Waals surface area (Å²) < 4.78 is 0. The molecule has 106 valence electrons. The van der Waals surface area contributed by atoms with Gasteiger partial charge in [-0.15, -0.1) is 0 Å². The molecular weight excluding hydrogens is 220 g/mol. The molecule has 1 heterocycles. The Kier molecular flexibility index (Phi) is 5.97. The summed E-state index contributed by atoms with van der Waals surface area (Å²) in [7, 11) is 0. The highest BCUT2D eigenvalue weighted by molar-refractivity contribution is 4.88. The van der Waals surface area contributed by atoms with E-state index in [0.29, 0.717) is 0 Å². The van der Waals surface area contributed by atoms with Crippen molar-refractivity contribution in [3.05, 3.63) is 0 Å². The van der Waals surface area contributed by atoms with Crippen LogP contribution >= 0.6 is 0 Å². The molecule has 18 heavy (non-hydrogen) atoms. The monoisotopic (exact) mass is 252 g/mol. The topological polar surface area (TPSA) is 15.3 Å². The second-order valence-electron chi connectivity index (χ2n) is 6.26. The van der Waals surface area contributed by atoms with Crippen LogP contribution in [0.1, 0.15) is 65.2 Å².